The zero-order valence-corrected chi connectivity index (χ0v) is 16.5. The van der Waals surface area contributed by atoms with Crippen LogP contribution >= 0.6 is 0 Å². The average Bonchev–Trinajstić information content (AvgIpc) is 3.19. The van der Waals surface area contributed by atoms with E-state index in [2.05, 4.69) is 10.6 Å². The van der Waals surface area contributed by atoms with E-state index in [-0.39, 0.29) is 17.3 Å². The molecule has 1 aliphatic heterocycles. The lowest BCUT2D eigenvalue weighted by atomic mass is 10.1. The fourth-order valence-corrected chi connectivity index (χ4v) is 4.61. The van der Waals surface area contributed by atoms with Crippen LogP contribution < -0.4 is 10.6 Å². The number of nitrogens with zero attached hydrogens (tertiary/aromatic N) is 1. The third kappa shape index (κ3) is 4.67. The Morgan fingerprint density at radius 1 is 1.00 bits per heavy atom. The summed E-state index contributed by atoms with van der Waals surface area (Å²) in [6.45, 7) is 5.21. The van der Waals surface area contributed by atoms with E-state index in [9.17, 15) is 13.2 Å². The molecule has 1 heterocycles. The maximum atomic E-state index is 12.6. The minimum atomic E-state index is -3.46. The number of anilines is 2. The van der Waals surface area contributed by atoms with Gasteiger partial charge in [0, 0.05) is 24.5 Å². The number of benzene rings is 2. The Hall–Kier alpha value is -2.38. The van der Waals surface area contributed by atoms with Gasteiger partial charge in [0.1, 0.15) is 0 Å². The lowest BCUT2D eigenvalue weighted by molar-refractivity contribution is -0.114. The van der Waals surface area contributed by atoms with Gasteiger partial charge in [0.15, 0.2) is 0 Å². The Balaban J connectivity index is 1.62. The zero-order chi connectivity index (χ0) is 19.4. The highest BCUT2D eigenvalue weighted by atomic mass is 32.2. The molecule has 6 nitrogen and oxygen atoms in total. The molecule has 0 aliphatic carbocycles. The number of sulfonamides is 1. The van der Waals surface area contributed by atoms with Crippen LogP contribution in [0.1, 0.15) is 24.0 Å². The van der Waals surface area contributed by atoms with E-state index in [0.717, 1.165) is 24.1 Å². The van der Waals surface area contributed by atoms with Crippen molar-refractivity contribution in [3.63, 3.8) is 0 Å². The number of amides is 1. The minimum Gasteiger partial charge on any atom is -0.376 e. The van der Waals surface area contributed by atoms with Gasteiger partial charge in [-0.15, -0.1) is 0 Å². The SMILES string of the molecule is Cc1ccc(NC(=O)CNc2cccc(S(=O)(=O)N3CCCC3)c2)cc1C. The highest BCUT2D eigenvalue weighted by Gasteiger charge is 2.27. The molecule has 1 amide bonds. The summed E-state index contributed by atoms with van der Waals surface area (Å²) in [6, 6.07) is 12.4. The first-order valence-corrected chi connectivity index (χ1v) is 10.5. The third-order valence-corrected chi connectivity index (χ3v) is 6.68. The van der Waals surface area contributed by atoms with Gasteiger partial charge in [-0.1, -0.05) is 12.1 Å². The number of nitrogens with one attached hydrogen (secondary N) is 2. The van der Waals surface area contributed by atoms with E-state index in [4.69, 9.17) is 0 Å². The number of carbonyl (C=O) groups excluding carboxylic acids is 1. The van der Waals surface area contributed by atoms with Crippen molar-refractivity contribution in [2.75, 3.05) is 30.3 Å². The van der Waals surface area contributed by atoms with Crippen LogP contribution in [-0.2, 0) is 14.8 Å². The van der Waals surface area contributed by atoms with Crippen LogP contribution in [-0.4, -0.2) is 38.3 Å². The molecule has 27 heavy (non-hydrogen) atoms. The first-order valence-electron chi connectivity index (χ1n) is 9.07. The summed E-state index contributed by atoms with van der Waals surface area (Å²) in [5.41, 5.74) is 3.63. The molecule has 144 valence electrons. The molecule has 2 aromatic carbocycles. The molecule has 1 aliphatic rings. The van der Waals surface area contributed by atoms with Crippen molar-refractivity contribution < 1.29 is 13.2 Å². The average molecular weight is 388 g/mol. The largest absolute Gasteiger partial charge is 0.376 e. The van der Waals surface area contributed by atoms with E-state index < -0.39 is 10.0 Å². The van der Waals surface area contributed by atoms with Crippen LogP contribution in [0, 0.1) is 13.8 Å². The molecule has 0 saturated carbocycles. The van der Waals surface area contributed by atoms with Crippen LogP contribution in [0.3, 0.4) is 0 Å². The molecule has 2 N–H and O–H groups in total. The molecule has 7 heteroatoms. The first-order chi connectivity index (χ1) is 12.9. The highest BCUT2D eigenvalue weighted by molar-refractivity contribution is 7.89. The van der Waals surface area contributed by atoms with E-state index in [1.54, 1.807) is 24.3 Å². The maximum absolute atomic E-state index is 12.6. The summed E-state index contributed by atoms with van der Waals surface area (Å²) in [5, 5.41) is 5.84. The van der Waals surface area contributed by atoms with Gasteiger partial charge in [0.25, 0.3) is 0 Å². The third-order valence-electron chi connectivity index (χ3n) is 4.78. The summed E-state index contributed by atoms with van der Waals surface area (Å²) in [6.07, 6.45) is 1.80. The molecular formula is C20H25N3O3S. The lowest BCUT2D eigenvalue weighted by Gasteiger charge is -2.16. The van der Waals surface area contributed by atoms with Gasteiger partial charge in [0.2, 0.25) is 15.9 Å². The fourth-order valence-electron chi connectivity index (χ4n) is 3.05. The Morgan fingerprint density at radius 2 is 1.74 bits per heavy atom. The van der Waals surface area contributed by atoms with Crippen LogP contribution in [0.25, 0.3) is 0 Å². The topological polar surface area (TPSA) is 78.5 Å². The Labute approximate surface area is 160 Å². The van der Waals surface area contributed by atoms with Crippen molar-refractivity contribution in [1.29, 1.82) is 0 Å². The van der Waals surface area contributed by atoms with Crippen LogP contribution in [0.4, 0.5) is 11.4 Å². The number of hydrogen-bond donors (Lipinski definition) is 2. The molecule has 3 rings (SSSR count). The van der Waals surface area contributed by atoms with Gasteiger partial charge < -0.3 is 10.6 Å². The quantitative estimate of drug-likeness (QED) is 0.798. The van der Waals surface area contributed by atoms with E-state index in [0.29, 0.717) is 18.8 Å². The fraction of sp³-hybridized carbons (Fsp3) is 0.350. The standard InChI is InChI=1S/C20H25N3O3S/c1-15-8-9-18(12-16(15)2)22-20(24)14-21-17-6-5-7-19(13-17)27(25,26)23-10-3-4-11-23/h5-9,12-13,21H,3-4,10-11,14H2,1-2H3,(H,22,24). The number of hydrogen-bond acceptors (Lipinski definition) is 4. The van der Waals surface area contributed by atoms with Gasteiger partial charge >= 0.3 is 0 Å². The monoisotopic (exact) mass is 387 g/mol. The normalized spacial score (nSPS) is 14.9. The van der Waals surface area contributed by atoms with Crippen molar-refractivity contribution in [1.82, 2.24) is 4.31 Å². The molecule has 1 fully saturated rings. The van der Waals surface area contributed by atoms with Crippen LogP contribution in [0.2, 0.25) is 0 Å². The molecule has 0 radical (unpaired) electrons. The molecule has 0 aromatic heterocycles. The number of rotatable bonds is 6. The summed E-state index contributed by atoms with van der Waals surface area (Å²) in [7, 11) is -3.46. The summed E-state index contributed by atoms with van der Waals surface area (Å²) in [4.78, 5) is 12.4. The van der Waals surface area contributed by atoms with E-state index >= 15 is 0 Å². The molecule has 2 aromatic rings. The molecule has 1 saturated heterocycles. The van der Waals surface area contributed by atoms with Gasteiger partial charge in [0.05, 0.1) is 11.4 Å². The second-order valence-electron chi connectivity index (χ2n) is 6.84. The second-order valence-corrected chi connectivity index (χ2v) is 8.78. The summed E-state index contributed by atoms with van der Waals surface area (Å²) >= 11 is 0. The second kappa shape index (κ2) is 8.10. The predicted octanol–water partition coefficient (Wildman–Crippen LogP) is 3.14. The van der Waals surface area contributed by atoms with Crippen molar-refractivity contribution in [2.45, 2.75) is 31.6 Å². The Kier molecular flexibility index (Phi) is 5.82. The van der Waals surface area contributed by atoms with Crippen molar-refractivity contribution >= 4 is 27.3 Å². The van der Waals surface area contributed by atoms with Crippen LogP contribution in [0.15, 0.2) is 47.4 Å². The van der Waals surface area contributed by atoms with E-state index in [1.807, 2.05) is 32.0 Å². The van der Waals surface area contributed by atoms with Crippen molar-refractivity contribution in [3.8, 4) is 0 Å². The van der Waals surface area contributed by atoms with Gasteiger partial charge in [-0.2, -0.15) is 4.31 Å². The summed E-state index contributed by atoms with van der Waals surface area (Å²) in [5.74, 6) is -0.189. The molecule has 0 spiro atoms. The highest BCUT2D eigenvalue weighted by Crippen LogP contribution is 2.23. The van der Waals surface area contributed by atoms with Gasteiger partial charge in [-0.05, 0) is 68.1 Å². The number of aryl methyl sites for hydroxylation is 2. The zero-order valence-electron chi connectivity index (χ0n) is 15.7. The Bertz CT molecular complexity index is 935. The van der Waals surface area contributed by atoms with E-state index in [1.165, 1.54) is 9.87 Å². The summed E-state index contributed by atoms with van der Waals surface area (Å²) < 4.78 is 26.8. The Morgan fingerprint density at radius 3 is 2.44 bits per heavy atom. The van der Waals surface area contributed by atoms with Crippen LogP contribution in [0.5, 0.6) is 0 Å². The number of carbonyl (C=O) groups is 1. The van der Waals surface area contributed by atoms with Crippen molar-refractivity contribution in [2.24, 2.45) is 0 Å². The molecule has 0 bridgehead atoms. The first kappa shape index (κ1) is 19.4. The van der Waals surface area contributed by atoms with Gasteiger partial charge in [-0.3, -0.25) is 4.79 Å². The lowest BCUT2D eigenvalue weighted by Crippen LogP contribution is -2.28. The predicted molar refractivity (Wildman–Crippen MR) is 107 cm³/mol. The molecule has 0 unspecified atom stereocenters. The van der Waals surface area contributed by atoms with Gasteiger partial charge in [-0.25, -0.2) is 8.42 Å². The smallest absolute Gasteiger partial charge is 0.243 e. The molecule has 0 atom stereocenters. The van der Waals surface area contributed by atoms with Crippen molar-refractivity contribution in [3.05, 3.63) is 53.6 Å². The minimum absolute atomic E-state index is 0.0557. The maximum Gasteiger partial charge on any atom is 0.243 e. The molecular weight excluding hydrogens is 362 g/mol.